The summed E-state index contributed by atoms with van der Waals surface area (Å²) in [6.45, 7) is 7.73. The van der Waals surface area contributed by atoms with Crippen LogP contribution in [0.25, 0.3) is 0 Å². The number of halogens is 1. The predicted octanol–water partition coefficient (Wildman–Crippen LogP) is 7.14. The van der Waals surface area contributed by atoms with E-state index < -0.39 is 5.96 Å². The van der Waals surface area contributed by atoms with Crippen molar-refractivity contribution in [3.05, 3.63) is 11.6 Å². The van der Waals surface area contributed by atoms with Gasteiger partial charge in [-0.2, -0.15) is 0 Å². The van der Waals surface area contributed by atoms with Gasteiger partial charge < -0.3 is 0 Å². The zero-order valence-electron chi connectivity index (χ0n) is 14.5. The van der Waals surface area contributed by atoms with Gasteiger partial charge in [-0.1, -0.05) is 0 Å². The zero-order chi connectivity index (χ0) is 15.6. The summed E-state index contributed by atoms with van der Waals surface area (Å²) in [4.78, 5) is 0. The molecule has 0 bridgehead atoms. The van der Waals surface area contributed by atoms with E-state index in [1.807, 2.05) is 0 Å². The second-order valence-corrected chi connectivity index (χ2v) is 14.5. The molecule has 0 aromatic rings. The molecule has 1 aliphatic heterocycles. The Morgan fingerprint density at radius 3 is 1.86 bits per heavy atom. The Morgan fingerprint density at radius 1 is 0.952 bits per heavy atom. The molecule has 0 spiro atoms. The summed E-state index contributed by atoms with van der Waals surface area (Å²) < 4.78 is 5.95. The summed E-state index contributed by atoms with van der Waals surface area (Å²) in [6, 6.07) is 0. The molecule has 0 radical (unpaired) electrons. The first kappa shape index (κ1) is 19.3. The molecule has 1 nitrogen and oxygen atoms in total. The Morgan fingerprint density at radius 2 is 1.48 bits per heavy atom. The Hall–Kier alpha value is 0.260. The van der Waals surface area contributed by atoms with Crippen LogP contribution in [0.3, 0.4) is 0 Å². The van der Waals surface area contributed by atoms with E-state index >= 15 is 0 Å². The molecule has 1 aliphatic rings. The molecular formula is C18H36ClOP. The third-order valence-corrected chi connectivity index (χ3v) is 11.6. The molecule has 1 saturated heterocycles. The van der Waals surface area contributed by atoms with Gasteiger partial charge in [0, 0.05) is 0 Å². The van der Waals surface area contributed by atoms with Crippen LogP contribution < -0.4 is 0 Å². The Bertz CT molecular complexity index is 295. The number of unbranched alkanes of at least 4 members (excludes halogenated alkanes) is 3. The Kier molecular flexibility index (Phi) is 8.65. The van der Waals surface area contributed by atoms with E-state index in [9.17, 15) is 0 Å². The molecular weight excluding hydrogens is 299 g/mol. The first-order chi connectivity index (χ1) is 10.1. The van der Waals surface area contributed by atoms with E-state index in [0.717, 1.165) is 13.0 Å². The zero-order valence-corrected chi connectivity index (χ0v) is 16.2. The molecule has 0 saturated carbocycles. The number of ether oxygens (including phenoxy) is 1. The monoisotopic (exact) mass is 334 g/mol. The van der Waals surface area contributed by atoms with Crippen molar-refractivity contribution in [3.8, 4) is 0 Å². The molecule has 0 N–H and O–H groups in total. The molecule has 3 heteroatoms. The number of hydrogen-bond donors (Lipinski definition) is 0. The van der Waals surface area contributed by atoms with Crippen molar-refractivity contribution in [1.29, 1.82) is 0 Å². The first-order valence-corrected chi connectivity index (χ1v) is 12.9. The Balaban J connectivity index is 3.00. The molecule has 0 aliphatic carbocycles. The molecule has 126 valence electrons. The standard InChI is InChI=1S/C18H36ClOP/c1-4-7-14-21(19,15-8-5-2,16-9-6-3)17-18-12-10-11-13-20-18/h17H,4-16H2,1-3H3. The minimum atomic E-state index is -2.25. The first-order valence-electron chi connectivity index (χ1n) is 9.13. The third-order valence-electron chi connectivity index (χ3n) is 4.70. The van der Waals surface area contributed by atoms with Gasteiger partial charge in [0.15, 0.2) is 0 Å². The van der Waals surface area contributed by atoms with Gasteiger partial charge in [0.05, 0.1) is 0 Å². The number of rotatable bonds is 10. The van der Waals surface area contributed by atoms with Gasteiger partial charge in [-0.25, -0.2) is 0 Å². The molecule has 0 amide bonds. The predicted molar refractivity (Wildman–Crippen MR) is 100.0 cm³/mol. The second kappa shape index (κ2) is 9.41. The molecule has 1 fully saturated rings. The van der Waals surface area contributed by atoms with Gasteiger partial charge in [0.2, 0.25) is 0 Å². The SMILES string of the molecule is CCCCP(Cl)(C=C1CCCCO1)(CCCC)CCCC. The average Bonchev–Trinajstić information content (AvgIpc) is 2.51. The van der Waals surface area contributed by atoms with Gasteiger partial charge in [0.25, 0.3) is 0 Å². The van der Waals surface area contributed by atoms with E-state index in [2.05, 4.69) is 26.6 Å². The number of hydrogen-bond acceptors (Lipinski definition) is 1. The van der Waals surface area contributed by atoms with Crippen LogP contribution in [0, 0.1) is 0 Å². The summed E-state index contributed by atoms with van der Waals surface area (Å²) >= 11 is 7.54. The summed E-state index contributed by atoms with van der Waals surface area (Å²) in [5.74, 6) is 1.45. The second-order valence-electron chi connectivity index (χ2n) is 6.81. The van der Waals surface area contributed by atoms with Crippen molar-refractivity contribution >= 4 is 17.2 Å². The number of allylic oxidation sites excluding steroid dienone is 1. The van der Waals surface area contributed by atoms with Crippen molar-refractivity contribution in [2.45, 2.75) is 78.6 Å². The third kappa shape index (κ3) is 6.49. The normalized spacial score (nSPS) is 20.0. The van der Waals surface area contributed by atoms with Crippen LogP contribution in [0.5, 0.6) is 0 Å². The van der Waals surface area contributed by atoms with Gasteiger partial charge in [0.1, 0.15) is 0 Å². The average molecular weight is 335 g/mol. The van der Waals surface area contributed by atoms with E-state index in [0.29, 0.717) is 0 Å². The van der Waals surface area contributed by atoms with Crippen LogP contribution in [-0.2, 0) is 4.74 Å². The molecule has 1 heterocycles. The molecule has 1 rings (SSSR count). The van der Waals surface area contributed by atoms with Crippen molar-refractivity contribution < 1.29 is 4.74 Å². The molecule has 0 unspecified atom stereocenters. The van der Waals surface area contributed by atoms with Crippen LogP contribution in [0.4, 0.5) is 0 Å². The summed E-state index contributed by atoms with van der Waals surface area (Å²) in [5.41, 5.74) is 0. The summed E-state index contributed by atoms with van der Waals surface area (Å²) in [5, 5.41) is 0. The fourth-order valence-corrected chi connectivity index (χ4v) is 9.85. The summed E-state index contributed by atoms with van der Waals surface area (Å²) in [7, 11) is 0. The molecule has 0 aromatic carbocycles. The maximum atomic E-state index is 7.54. The molecule has 0 atom stereocenters. The van der Waals surface area contributed by atoms with Crippen molar-refractivity contribution in [1.82, 2.24) is 0 Å². The molecule has 21 heavy (non-hydrogen) atoms. The Labute approximate surface area is 137 Å². The topological polar surface area (TPSA) is 9.23 Å². The van der Waals surface area contributed by atoms with E-state index in [1.165, 1.54) is 75.6 Å². The maximum absolute atomic E-state index is 7.54. The van der Waals surface area contributed by atoms with Crippen molar-refractivity contribution in [3.63, 3.8) is 0 Å². The van der Waals surface area contributed by atoms with E-state index in [-0.39, 0.29) is 0 Å². The quantitative estimate of drug-likeness (QED) is 0.386. The van der Waals surface area contributed by atoms with E-state index in [1.54, 1.807) is 0 Å². The van der Waals surface area contributed by atoms with Gasteiger partial charge in [-0.05, 0) is 0 Å². The van der Waals surface area contributed by atoms with Crippen molar-refractivity contribution in [2.24, 2.45) is 0 Å². The van der Waals surface area contributed by atoms with Crippen LogP contribution in [0.2, 0.25) is 0 Å². The minimum absolute atomic E-state index is 0.893. The van der Waals surface area contributed by atoms with Gasteiger partial charge in [-0.3, -0.25) is 0 Å². The van der Waals surface area contributed by atoms with E-state index in [4.69, 9.17) is 16.0 Å². The van der Waals surface area contributed by atoms with Crippen LogP contribution in [0.1, 0.15) is 78.6 Å². The van der Waals surface area contributed by atoms with Gasteiger partial charge in [-0.15, -0.1) is 0 Å². The fraction of sp³-hybridized carbons (Fsp3) is 0.889. The van der Waals surface area contributed by atoms with Crippen LogP contribution in [-0.4, -0.2) is 25.1 Å². The van der Waals surface area contributed by atoms with Gasteiger partial charge >= 0.3 is 137 Å². The van der Waals surface area contributed by atoms with Crippen LogP contribution in [0.15, 0.2) is 11.6 Å². The fourth-order valence-electron chi connectivity index (χ4n) is 3.27. The molecule has 0 aromatic heterocycles. The summed E-state index contributed by atoms with van der Waals surface area (Å²) in [6.07, 6.45) is 14.7. The van der Waals surface area contributed by atoms with Crippen LogP contribution >= 0.6 is 17.2 Å². The van der Waals surface area contributed by atoms with Crippen molar-refractivity contribution in [2.75, 3.05) is 25.1 Å².